The Morgan fingerprint density at radius 2 is 2.07 bits per heavy atom. The quantitative estimate of drug-likeness (QED) is 0.417. The summed E-state index contributed by atoms with van der Waals surface area (Å²) in [7, 11) is 0. The molecule has 2 aliphatic rings. The van der Waals surface area contributed by atoms with Crippen LogP contribution >= 0.6 is 11.6 Å². The van der Waals surface area contributed by atoms with Gasteiger partial charge in [-0.2, -0.15) is 0 Å². The zero-order chi connectivity index (χ0) is 10.0. The normalized spacial score (nSPS) is 32.4. The highest BCUT2D eigenvalue weighted by Gasteiger charge is 2.43. The largest absolute Gasteiger partial charge is 0.410 e. The molecule has 80 valence electrons. The maximum Gasteiger partial charge on any atom is 0.176 e. The molecule has 1 heterocycles. The van der Waals surface area contributed by atoms with Crippen LogP contribution in [0.25, 0.3) is 0 Å². The summed E-state index contributed by atoms with van der Waals surface area (Å²) in [6.45, 7) is 0.392. The van der Waals surface area contributed by atoms with Crippen molar-refractivity contribution >= 4 is 16.8 Å². The van der Waals surface area contributed by atoms with Gasteiger partial charge in [0.1, 0.15) is 6.10 Å². The maximum absolute atomic E-state index is 8.50. The molecule has 1 N–H and O–H groups in total. The lowest BCUT2D eigenvalue weighted by atomic mass is 9.94. The van der Waals surface area contributed by atoms with Gasteiger partial charge in [0.05, 0.1) is 6.61 Å². The lowest BCUT2D eigenvalue weighted by molar-refractivity contribution is -0.181. The molecule has 1 spiro atoms. The average Bonchev–Trinajstić information content (AvgIpc) is 2.62. The van der Waals surface area contributed by atoms with Gasteiger partial charge in [0.15, 0.2) is 11.0 Å². The third-order valence-electron chi connectivity index (χ3n) is 2.83. The van der Waals surface area contributed by atoms with Crippen molar-refractivity contribution in [3.63, 3.8) is 0 Å². The number of hydrogen-bond donors (Lipinski definition) is 1. The first kappa shape index (κ1) is 10.2. The van der Waals surface area contributed by atoms with Crippen molar-refractivity contribution < 1.29 is 14.7 Å². The first-order valence-corrected chi connectivity index (χ1v) is 5.33. The monoisotopic (exact) mass is 219 g/mol. The molecule has 14 heavy (non-hydrogen) atoms. The summed E-state index contributed by atoms with van der Waals surface area (Å²) in [6.07, 6.45) is 4.93. The lowest BCUT2D eigenvalue weighted by Crippen LogP contribution is -2.34. The second-order valence-electron chi connectivity index (χ2n) is 3.81. The molecule has 1 saturated carbocycles. The lowest BCUT2D eigenvalue weighted by Gasteiger charge is -2.31. The predicted molar refractivity (Wildman–Crippen MR) is 51.7 cm³/mol. The van der Waals surface area contributed by atoms with Crippen LogP contribution in [0.15, 0.2) is 5.16 Å². The van der Waals surface area contributed by atoms with Gasteiger partial charge in [0.2, 0.25) is 0 Å². The molecular formula is C9H14ClNO3. The molecule has 2 rings (SSSR count). The van der Waals surface area contributed by atoms with Gasteiger partial charge in [-0.1, -0.05) is 23.2 Å². The van der Waals surface area contributed by atoms with E-state index in [0.717, 1.165) is 25.7 Å². The fraction of sp³-hybridized carbons (Fsp3) is 0.889. The highest BCUT2D eigenvalue weighted by molar-refractivity contribution is 6.66. The fourth-order valence-electron chi connectivity index (χ4n) is 2.09. The molecule has 1 atom stereocenters. The third kappa shape index (κ3) is 1.87. The third-order valence-corrected chi connectivity index (χ3v) is 3.15. The molecule has 1 saturated heterocycles. The van der Waals surface area contributed by atoms with Gasteiger partial charge in [-0.25, -0.2) is 0 Å². The standard InChI is InChI=1S/C9H14ClNO3/c10-8(11-12)7-6-13-9(14-7)4-2-1-3-5-9/h7,12H,1-6H2/b11-8+. The summed E-state index contributed by atoms with van der Waals surface area (Å²) in [5.41, 5.74) is 0. The van der Waals surface area contributed by atoms with Gasteiger partial charge in [-0.05, 0) is 12.8 Å². The van der Waals surface area contributed by atoms with Crippen molar-refractivity contribution in [1.82, 2.24) is 0 Å². The zero-order valence-corrected chi connectivity index (χ0v) is 8.66. The van der Waals surface area contributed by atoms with E-state index in [1.165, 1.54) is 6.42 Å². The summed E-state index contributed by atoms with van der Waals surface area (Å²) in [6, 6.07) is 0. The van der Waals surface area contributed by atoms with Crippen LogP contribution in [0.1, 0.15) is 32.1 Å². The Bertz CT molecular complexity index is 238. The van der Waals surface area contributed by atoms with Crippen LogP contribution in [-0.2, 0) is 9.47 Å². The summed E-state index contributed by atoms with van der Waals surface area (Å²) in [5, 5.41) is 11.5. The van der Waals surface area contributed by atoms with Gasteiger partial charge in [0, 0.05) is 12.8 Å². The Morgan fingerprint density at radius 3 is 2.71 bits per heavy atom. The number of rotatable bonds is 1. The average molecular weight is 220 g/mol. The smallest absolute Gasteiger partial charge is 0.176 e. The van der Waals surface area contributed by atoms with Crippen LogP contribution < -0.4 is 0 Å². The molecule has 4 nitrogen and oxygen atoms in total. The number of nitrogens with zero attached hydrogens (tertiary/aromatic N) is 1. The van der Waals surface area contributed by atoms with Gasteiger partial charge in [-0.3, -0.25) is 0 Å². The minimum absolute atomic E-state index is 0.0763. The first-order chi connectivity index (χ1) is 6.76. The van der Waals surface area contributed by atoms with Gasteiger partial charge in [0.25, 0.3) is 0 Å². The summed E-state index contributed by atoms with van der Waals surface area (Å²) >= 11 is 5.67. The Hall–Kier alpha value is -0.320. The van der Waals surface area contributed by atoms with Crippen molar-refractivity contribution in [2.75, 3.05) is 6.61 Å². The van der Waals surface area contributed by atoms with Crippen molar-refractivity contribution in [2.24, 2.45) is 5.16 Å². The van der Waals surface area contributed by atoms with Crippen LogP contribution in [0.3, 0.4) is 0 Å². The van der Waals surface area contributed by atoms with E-state index in [1.54, 1.807) is 0 Å². The van der Waals surface area contributed by atoms with Crippen LogP contribution in [0.4, 0.5) is 0 Å². The molecule has 2 fully saturated rings. The summed E-state index contributed by atoms with van der Waals surface area (Å²) < 4.78 is 11.3. The minimum atomic E-state index is -0.451. The molecule has 0 aromatic carbocycles. The molecule has 5 heteroatoms. The second-order valence-corrected chi connectivity index (χ2v) is 4.20. The molecule has 0 radical (unpaired) electrons. The Balaban J connectivity index is 1.99. The molecule has 0 amide bonds. The zero-order valence-electron chi connectivity index (χ0n) is 7.91. The van der Waals surface area contributed by atoms with E-state index in [1.807, 2.05) is 0 Å². The molecular weight excluding hydrogens is 206 g/mol. The van der Waals surface area contributed by atoms with Crippen LogP contribution in [-0.4, -0.2) is 28.9 Å². The number of oxime groups is 1. The Labute approximate surface area is 87.8 Å². The van der Waals surface area contributed by atoms with Crippen molar-refractivity contribution in [2.45, 2.75) is 44.0 Å². The number of halogens is 1. The van der Waals surface area contributed by atoms with Crippen LogP contribution in [0.2, 0.25) is 0 Å². The van der Waals surface area contributed by atoms with E-state index in [0.29, 0.717) is 6.61 Å². The van der Waals surface area contributed by atoms with Gasteiger partial charge in [-0.15, -0.1) is 0 Å². The van der Waals surface area contributed by atoms with Crippen LogP contribution in [0.5, 0.6) is 0 Å². The second kappa shape index (κ2) is 4.04. The van der Waals surface area contributed by atoms with E-state index < -0.39 is 5.79 Å². The van der Waals surface area contributed by atoms with Gasteiger partial charge < -0.3 is 14.7 Å². The van der Waals surface area contributed by atoms with E-state index >= 15 is 0 Å². The van der Waals surface area contributed by atoms with Crippen molar-refractivity contribution in [3.8, 4) is 0 Å². The molecule has 0 aromatic rings. The van der Waals surface area contributed by atoms with E-state index in [2.05, 4.69) is 5.16 Å². The highest BCUT2D eigenvalue weighted by Crippen LogP contribution is 2.38. The Morgan fingerprint density at radius 1 is 1.36 bits per heavy atom. The fourth-order valence-corrected chi connectivity index (χ4v) is 2.20. The molecule has 1 aliphatic carbocycles. The molecule has 0 aromatic heterocycles. The van der Waals surface area contributed by atoms with Gasteiger partial charge >= 0.3 is 0 Å². The van der Waals surface area contributed by atoms with Crippen molar-refractivity contribution in [1.29, 1.82) is 0 Å². The van der Waals surface area contributed by atoms with E-state index in [-0.39, 0.29) is 11.3 Å². The minimum Gasteiger partial charge on any atom is -0.410 e. The SMILES string of the molecule is O/N=C(/Cl)C1COC2(CCCCC2)O1. The highest BCUT2D eigenvalue weighted by atomic mass is 35.5. The topological polar surface area (TPSA) is 51.1 Å². The maximum atomic E-state index is 8.50. The summed E-state index contributed by atoms with van der Waals surface area (Å²) in [4.78, 5) is 0. The number of hydrogen-bond acceptors (Lipinski definition) is 4. The van der Waals surface area contributed by atoms with Crippen LogP contribution in [0, 0.1) is 0 Å². The predicted octanol–water partition coefficient (Wildman–Crippen LogP) is 2.09. The Kier molecular flexibility index (Phi) is 2.95. The number of ether oxygens (including phenoxy) is 2. The first-order valence-electron chi connectivity index (χ1n) is 4.95. The molecule has 0 bridgehead atoms. The van der Waals surface area contributed by atoms with Crippen molar-refractivity contribution in [3.05, 3.63) is 0 Å². The van der Waals surface area contributed by atoms with E-state index in [4.69, 9.17) is 26.3 Å². The molecule has 1 aliphatic heterocycles. The summed E-state index contributed by atoms with van der Waals surface area (Å²) in [5.74, 6) is -0.451. The molecule has 1 unspecified atom stereocenters. The van der Waals surface area contributed by atoms with E-state index in [9.17, 15) is 0 Å².